The first-order valence-corrected chi connectivity index (χ1v) is 8.16. The molecule has 2 fully saturated rings. The van der Waals surface area contributed by atoms with Crippen LogP contribution in [0, 0.1) is 10.1 Å². The number of aromatic nitrogens is 1. The Labute approximate surface area is 132 Å². The monoisotopic (exact) mass is 354 g/mol. The molecule has 3 heterocycles. The van der Waals surface area contributed by atoms with Gasteiger partial charge in [-0.15, -0.1) is 0 Å². The second-order valence-electron chi connectivity index (χ2n) is 5.90. The lowest BCUT2D eigenvalue weighted by molar-refractivity contribution is -0.384. The quantitative estimate of drug-likeness (QED) is 0.603. The Balaban J connectivity index is 1.91. The Bertz CT molecular complexity index is 554. The highest BCUT2D eigenvalue weighted by molar-refractivity contribution is 9.10. The van der Waals surface area contributed by atoms with Crippen molar-refractivity contribution in [1.82, 2.24) is 9.88 Å². The minimum absolute atomic E-state index is 0.0838. The average Bonchev–Trinajstić information content (AvgIpc) is 2.46. The first-order chi connectivity index (χ1) is 10.1. The van der Waals surface area contributed by atoms with Crippen molar-refractivity contribution in [3.63, 3.8) is 0 Å². The normalized spacial score (nSPS) is 26.5. The summed E-state index contributed by atoms with van der Waals surface area (Å²) in [6.45, 7) is 5.06. The van der Waals surface area contributed by atoms with Crippen molar-refractivity contribution in [3.8, 4) is 0 Å². The molecule has 2 atom stereocenters. The number of nitrogens with zero attached hydrogens (tertiary/aromatic N) is 4. The molecule has 0 radical (unpaired) electrons. The summed E-state index contributed by atoms with van der Waals surface area (Å²) in [4.78, 5) is 19.9. The molecule has 2 aliphatic rings. The van der Waals surface area contributed by atoms with E-state index in [0.717, 1.165) is 19.6 Å². The predicted octanol–water partition coefficient (Wildman–Crippen LogP) is 2.82. The number of rotatable bonds is 2. The predicted molar refractivity (Wildman–Crippen MR) is 84.6 cm³/mol. The van der Waals surface area contributed by atoms with E-state index in [1.807, 2.05) is 0 Å². The maximum Gasteiger partial charge on any atom is 0.312 e. The van der Waals surface area contributed by atoms with Crippen molar-refractivity contribution < 1.29 is 4.92 Å². The van der Waals surface area contributed by atoms with Crippen molar-refractivity contribution in [2.75, 3.05) is 24.5 Å². The van der Waals surface area contributed by atoms with E-state index in [-0.39, 0.29) is 16.7 Å². The summed E-state index contributed by atoms with van der Waals surface area (Å²) in [5, 5.41) is 11.3. The summed E-state index contributed by atoms with van der Waals surface area (Å²) < 4.78 is 0.641. The summed E-state index contributed by atoms with van der Waals surface area (Å²) in [5.41, 5.74) is 0.0838. The largest absolute Gasteiger partial charge is 0.345 e. The number of pyridine rings is 1. The Morgan fingerprint density at radius 3 is 3.00 bits per heavy atom. The summed E-state index contributed by atoms with van der Waals surface area (Å²) in [6, 6.07) is 2.29. The molecule has 2 aliphatic heterocycles. The van der Waals surface area contributed by atoms with E-state index in [9.17, 15) is 10.1 Å². The Morgan fingerprint density at radius 1 is 1.43 bits per heavy atom. The number of nitro groups is 1. The molecule has 2 unspecified atom stereocenters. The fraction of sp³-hybridized carbons (Fsp3) is 0.643. The average molecular weight is 355 g/mol. The summed E-state index contributed by atoms with van der Waals surface area (Å²) in [7, 11) is 0. The number of anilines is 1. The zero-order valence-electron chi connectivity index (χ0n) is 12.0. The van der Waals surface area contributed by atoms with Crippen LogP contribution in [0.2, 0.25) is 0 Å². The van der Waals surface area contributed by atoms with Crippen LogP contribution in [-0.4, -0.2) is 46.5 Å². The molecule has 21 heavy (non-hydrogen) atoms. The third-order valence-corrected chi connectivity index (χ3v) is 4.90. The van der Waals surface area contributed by atoms with Gasteiger partial charge in [-0.1, -0.05) is 6.42 Å². The molecule has 0 aromatic carbocycles. The summed E-state index contributed by atoms with van der Waals surface area (Å²) in [5.74, 6) is 0.501. The third-order valence-electron chi connectivity index (χ3n) is 4.47. The minimum Gasteiger partial charge on any atom is -0.345 e. The first-order valence-electron chi connectivity index (χ1n) is 7.37. The first kappa shape index (κ1) is 14.7. The number of piperidine rings is 1. The second-order valence-corrected chi connectivity index (χ2v) is 6.81. The lowest BCUT2D eigenvalue weighted by atomic mass is 9.97. The van der Waals surface area contributed by atoms with E-state index >= 15 is 0 Å². The SMILES string of the molecule is CC1CN2CCCCC2CN1c1ncc(Br)cc1[N+](=O)[O-]. The molecule has 7 heteroatoms. The number of fused-ring (bicyclic) bond motifs is 1. The van der Waals surface area contributed by atoms with E-state index in [4.69, 9.17) is 0 Å². The standard InChI is InChI=1S/C14H19BrN4O2/c1-10-8-17-5-3-2-4-12(17)9-18(10)14-13(19(20)21)6-11(15)7-16-14/h6-7,10,12H,2-5,8-9H2,1H3. The van der Waals surface area contributed by atoms with E-state index in [0.29, 0.717) is 16.3 Å². The van der Waals surface area contributed by atoms with Gasteiger partial charge in [0.2, 0.25) is 5.82 Å². The smallest absolute Gasteiger partial charge is 0.312 e. The highest BCUT2D eigenvalue weighted by Gasteiger charge is 2.36. The van der Waals surface area contributed by atoms with Crippen molar-refractivity contribution >= 4 is 27.4 Å². The molecule has 0 amide bonds. The van der Waals surface area contributed by atoms with Crippen molar-refractivity contribution in [2.24, 2.45) is 0 Å². The molecule has 1 aromatic rings. The van der Waals surface area contributed by atoms with Crippen LogP contribution < -0.4 is 4.90 Å². The van der Waals surface area contributed by atoms with Gasteiger partial charge in [-0.2, -0.15) is 0 Å². The van der Waals surface area contributed by atoms with Crippen LogP contribution in [0.5, 0.6) is 0 Å². The molecule has 1 aromatic heterocycles. The van der Waals surface area contributed by atoms with Crippen LogP contribution in [-0.2, 0) is 0 Å². The highest BCUT2D eigenvalue weighted by Crippen LogP contribution is 2.33. The molecule has 2 saturated heterocycles. The molecule has 0 aliphatic carbocycles. The molecule has 0 N–H and O–H groups in total. The zero-order valence-corrected chi connectivity index (χ0v) is 13.6. The van der Waals surface area contributed by atoms with Gasteiger partial charge >= 0.3 is 5.69 Å². The lowest BCUT2D eigenvalue weighted by Crippen LogP contribution is -2.59. The van der Waals surface area contributed by atoms with Gasteiger partial charge in [0.15, 0.2) is 0 Å². The zero-order chi connectivity index (χ0) is 15.0. The highest BCUT2D eigenvalue weighted by atomic mass is 79.9. The lowest BCUT2D eigenvalue weighted by Gasteiger charge is -2.47. The summed E-state index contributed by atoms with van der Waals surface area (Å²) in [6.07, 6.45) is 5.33. The Morgan fingerprint density at radius 2 is 2.24 bits per heavy atom. The van der Waals surface area contributed by atoms with Gasteiger partial charge in [0.25, 0.3) is 0 Å². The van der Waals surface area contributed by atoms with Crippen LogP contribution in [0.25, 0.3) is 0 Å². The fourth-order valence-electron chi connectivity index (χ4n) is 3.42. The maximum atomic E-state index is 11.3. The molecule has 114 valence electrons. The molecule has 3 rings (SSSR count). The molecular weight excluding hydrogens is 336 g/mol. The van der Waals surface area contributed by atoms with Gasteiger partial charge in [0.05, 0.1) is 4.92 Å². The van der Waals surface area contributed by atoms with E-state index in [2.05, 4.69) is 37.6 Å². The van der Waals surface area contributed by atoms with Gasteiger partial charge < -0.3 is 4.90 Å². The molecule has 0 saturated carbocycles. The van der Waals surface area contributed by atoms with E-state index < -0.39 is 0 Å². The van der Waals surface area contributed by atoms with Gasteiger partial charge in [0.1, 0.15) is 0 Å². The van der Waals surface area contributed by atoms with E-state index in [1.54, 1.807) is 12.3 Å². The maximum absolute atomic E-state index is 11.3. The number of halogens is 1. The van der Waals surface area contributed by atoms with Crippen LogP contribution in [0.3, 0.4) is 0 Å². The topological polar surface area (TPSA) is 62.5 Å². The molecular formula is C14H19BrN4O2. The molecule has 6 nitrogen and oxygen atoms in total. The second kappa shape index (κ2) is 5.88. The third kappa shape index (κ3) is 2.89. The van der Waals surface area contributed by atoms with Crippen molar-refractivity contribution in [2.45, 2.75) is 38.3 Å². The van der Waals surface area contributed by atoms with Crippen LogP contribution in [0.1, 0.15) is 26.2 Å². The summed E-state index contributed by atoms with van der Waals surface area (Å²) >= 11 is 3.27. The van der Waals surface area contributed by atoms with Crippen LogP contribution in [0.15, 0.2) is 16.7 Å². The van der Waals surface area contributed by atoms with Crippen LogP contribution >= 0.6 is 15.9 Å². The van der Waals surface area contributed by atoms with E-state index in [1.165, 1.54) is 19.3 Å². The number of hydrogen-bond acceptors (Lipinski definition) is 5. The number of piperazine rings is 1. The fourth-order valence-corrected chi connectivity index (χ4v) is 3.74. The molecule has 0 bridgehead atoms. The van der Waals surface area contributed by atoms with Gasteiger partial charge in [-0.05, 0) is 42.2 Å². The van der Waals surface area contributed by atoms with Gasteiger partial charge in [-0.3, -0.25) is 15.0 Å². The Hall–Kier alpha value is -1.21. The Kier molecular flexibility index (Phi) is 4.12. The van der Waals surface area contributed by atoms with Gasteiger partial charge in [-0.25, -0.2) is 4.98 Å². The number of hydrogen-bond donors (Lipinski definition) is 0. The van der Waals surface area contributed by atoms with Crippen molar-refractivity contribution in [3.05, 3.63) is 26.9 Å². The van der Waals surface area contributed by atoms with Crippen molar-refractivity contribution in [1.29, 1.82) is 0 Å². The minimum atomic E-state index is -0.340. The molecule has 0 spiro atoms. The van der Waals surface area contributed by atoms with Gasteiger partial charge in [0, 0.05) is 41.9 Å². The van der Waals surface area contributed by atoms with Crippen LogP contribution in [0.4, 0.5) is 11.5 Å².